The van der Waals surface area contributed by atoms with Gasteiger partial charge < -0.3 is 25.6 Å². The van der Waals surface area contributed by atoms with Crippen LogP contribution in [0.3, 0.4) is 0 Å². The van der Waals surface area contributed by atoms with Crippen LogP contribution in [0, 0.1) is 11.7 Å². The highest BCUT2D eigenvalue weighted by atomic mass is 35.5. The largest absolute Gasteiger partial charge is 0.482 e. The number of nitrogen functional groups attached to an aromatic ring is 1. The zero-order valence-corrected chi connectivity index (χ0v) is 35.8. The first-order valence-corrected chi connectivity index (χ1v) is 21.8. The quantitative estimate of drug-likeness (QED) is 0.0694. The molecule has 326 valence electrons. The van der Waals surface area contributed by atoms with Crippen molar-refractivity contribution < 1.29 is 33.1 Å². The molecule has 2 unspecified atom stereocenters. The predicted octanol–water partition coefficient (Wildman–Crippen LogP) is 6.28. The first-order valence-electron chi connectivity index (χ1n) is 21.0. The Morgan fingerprint density at radius 1 is 1.02 bits per heavy atom. The Labute approximate surface area is 368 Å². The number of benzene rings is 2. The maximum Gasteiger partial charge on any atom is 0.264 e. The second-order valence-electron chi connectivity index (χ2n) is 16.4. The molecular formula is C44H48Cl2FN9O6. The third-order valence-corrected chi connectivity index (χ3v) is 13.0. The maximum atomic E-state index is 14.2. The fourth-order valence-corrected chi connectivity index (χ4v) is 9.47. The van der Waals surface area contributed by atoms with Crippen molar-refractivity contribution in [3.05, 3.63) is 87.5 Å². The topological polar surface area (TPSA) is 185 Å². The van der Waals surface area contributed by atoms with E-state index in [1.165, 1.54) is 12.1 Å². The van der Waals surface area contributed by atoms with E-state index < -0.39 is 41.6 Å². The molecule has 0 radical (unpaired) electrons. The van der Waals surface area contributed by atoms with Gasteiger partial charge >= 0.3 is 0 Å². The van der Waals surface area contributed by atoms with Crippen LogP contribution >= 0.6 is 23.2 Å². The third-order valence-electron chi connectivity index (χ3n) is 12.2. The molecule has 0 spiro atoms. The van der Waals surface area contributed by atoms with Crippen LogP contribution in [0.25, 0.3) is 11.1 Å². The Kier molecular flexibility index (Phi) is 12.8. The van der Waals surface area contributed by atoms with E-state index in [0.29, 0.717) is 49.0 Å². The number of carbonyl (C=O) groups is 5. The van der Waals surface area contributed by atoms with Crippen LogP contribution in [-0.2, 0) is 14.4 Å². The number of hydrogen-bond donors (Lipinski definition) is 3. The molecule has 2 aromatic carbocycles. The average Bonchev–Trinajstić information content (AvgIpc) is 3.83. The summed E-state index contributed by atoms with van der Waals surface area (Å²) < 4.78 is 22.2. The number of nitrogens with zero attached hydrogens (tertiary/aromatic N) is 6. The van der Waals surface area contributed by atoms with Gasteiger partial charge in [-0.1, -0.05) is 35.7 Å². The van der Waals surface area contributed by atoms with Crippen molar-refractivity contribution in [3.63, 3.8) is 0 Å². The number of hydrogen-bond acceptors (Lipinski definition) is 11. The van der Waals surface area contributed by atoms with Crippen molar-refractivity contribution in [1.29, 1.82) is 0 Å². The van der Waals surface area contributed by atoms with Gasteiger partial charge in [0.15, 0.2) is 11.6 Å². The van der Waals surface area contributed by atoms with Crippen LogP contribution in [0.5, 0.6) is 5.75 Å². The monoisotopic (exact) mass is 887 g/mol. The minimum atomic E-state index is -0.998. The molecule has 3 saturated heterocycles. The standard InChI is InChI=1S/C44H48Cl2FN9O6/c1-25(38-31(45)9-10-32(47)40(38)46)62-35-18-27(20-50-41(35)48)28-21-51-55(24-28)29-13-16-54(17-14-29)37(58)8-3-2-4-15-53-22-26(23-53)19-49-33-7-5-6-30-39(33)44(61)56(43(30)60)34-11-12-36(57)52-42(34)59/h5-7,9-10,18,20-21,24-26,29,34,49H,2-4,8,11-17,19,22-23H2,1H3,(H2,48,50)(H,52,57,59). The predicted molar refractivity (Wildman–Crippen MR) is 230 cm³/mol. The zero-order chi connectivity index (χ0) is 43.7. The van der Waals surface area contributed by atoms with Crippen molar-refractivity contribution in [2.45, 2.75) is 76.5 Å². The average molecular weight is 889 g/mol. The summed E-state index contributed by atoms with van der Waals surface area (Å²) in [6, 6.07) is 8.63. The molecule has 15 nitrogen and oxygen atoms in total. The van der Waals surface area contributed by atoms with Crippen molar-refractivity contribution in [2.75, 3.05) is 50.3 Å². The number of piperidine rings is 2. The molecule has 0 saturated carbocycles. The molecule has 62 heavy (non-hydrogen) atoms. The number of aromatic nitrogens is 3. The molecular weight excluding hydrogens is 840 g/mol. The lowest BCUT2D eigenvalue weighted by molar-refractivity contribution is -0.136. The van der Waals surface area contributed by atoms with E-state index >= 15 is 0 Å². The number of unbranched alkanes of at least 4 members (excludes halogenated alkanes) is 2. The van der Waals surface area contributed by atoms with E-state index in [0.717, 1.165) is 67.8 Å². The Balaban J connectivity index is 0.725. The molecule has 0 bridgehead atoms. The minimum absolute atomic E-state index is 0.0745. The van der Waals surface area contributed by atoms with Crippen molar-refractivity contribution in [3.8, 4) is 16.9 Å². The van der Waals surface area contributed by atoms with Crippen LogP contribution in [0.2, 0.25) is 10.0 Å². The summed E-state index contributed by atoms with van der Waals surface area (Å²) in [6.45, 7) is 6.47. The van der Waals surface area contributed by atoms with E-state index in [1.54, 1.807) is 43.6 Å². The summed E-state index contributed by atoms with van der Waals surface area (Å²) in [4.78, 5) is 73.3. The Bertz CT molecular complexity index is 2400. The Hall–Kier alpha value is -5.58. The molecule has 4 N–H and O–H groups in total. The number of ether oxygens (including phenoxy) is 1. The van der Waals surface area contributed by atoms with Gasteiger partial charge in [-0.3, -0.25) is 38.9 Å². The highest BCUT2D eigenvalue weighted by Crippen LogP contribution is 2.38. The molecule has 6 heterocycles. The first-order chi connectivity index (χ1) is 29.9. The van der Waals surface area contributed by atoms with E-state index in [1.807, 2.05) is 15.8 Å². The third kappa shape index (κ3) is 8.99. The molecule has 5 amide bonds. The summed E-state index contributed by atoms with van der Waals surface area (Å²) >= 11 is 12.5. The van der Waals surface area contributed by atoms with E-state index in [2.05, 4.69) is 25.6 Å². The molecule has 0 aliphatic carbocycles. The number of amides is 5. The van der Waals surface area contributed by atoms with E-state index in [9.17, 15) is 28.4 Å². The van der Waals surface area contributed by atoms with Gasteiger partial charge in [-0.15, -0.1) is 0 Å². The highest BCUT2D eigenvalue weighted by molar-refractivity contribution is 6.36. The number of likely N-dealkylation sites (tertiary alicyclic amines) is 2. The van der Waals surface area contributed by atoms with Crippen LogP contribution in [-0.4, -0.2) is 104 Å². The van der Waals surface area contributed by atoms with Gasteiger partial charge in [0, 0.05) is 91.3 Å². The van der Waals surface area contributed by atoms with Gasteiger partial charge in [0.2, 0.25) is 17.7 Å². The van der Waals surface area contributed by atoms with Crippen LogP contribution in [0.4, 0.5) is 15.9 Å². The SMILES string of the molecule is CC(Oc1cc(-c2cnn(C3CCN(C(=O)CCCCCN4CC(CNc5cccc6c5C(=O)N(C5CCC(=O)NC5=O)C6=O)C4)CC3)c2)cnc1N)c1c(Cl)ccc(F)c1Cl. The Morgan fingerprint density at radius 3 is 2.58 bits per heavy atom. The number of pyridine rings is 1. The number of carbonyl (C=O) groups excluding carboxylic acids is 5. The van der Waals surface area contributed by atoms with Crippen LogP contribution in [0.1, 0.15) is 96.7 Å². The van der Waals surface area contributed by atoms with Gasteiger partial charge in [-0.25, -0.2) is 9.37 Å². The highest BCUT2D eigenvalue weighted by Gasteiger charge is 2.45. The number of anilines is 2. The number of nitrogens with one attached hydrogen (secondary N) is 2. The molecule has 3 fully saturated rings. The summed E-state index contributed by atoms with van der Waals surface area (Å²) in [5, 5.41) is 10.4. The molecule has 2 atom stereocenters. The summed E-state index contributed by atoms with van der Waals surface area (Å²) in [7, 11) is 0. The lowest BCUT2D eigenvalue weighted by atomic mass is 9.98. The van der Waals surface area contributed by atoms with E-state index in [-0.39, 0.29) is 51.8 Å². The van der Waals surface area contributed by atoms with Gasteiger partial charge in [0.25, 0.3) is 11.8 Å². The normalized spacial score (nSPS) is 19.1. The van der Waals surface area contributed by atoms with Gasteiger partial charge in [0.1, 0.15) is 18.0 Å². The Morgan fingerprint density at radius 2 is 1.81 bits per heavy atom. The molecule has 2 aromatic heterocycles. The van der Waals surface area contributed by atoms with Gasteiger partial charge in [-0.05, 0) is 75.9 Å². The van der Waals surface area contributed by atoms with Crippen LogP contribution in [0.15, 0.2) is 55.0 Å². The molecule has 18 heteroatoms. The first kappa shape index (κ1) is 43.1. The summed E-state index contributed by atoms with van der Waals surface area (Å²) in [5.41, 5.74) is 9.13. The van der Waals surface area contributed by atoms with Crippen molar-refractivity contribution in [1.82, 2.24) is 34.8 Å². The van der Waals surface area contributed by atoms with Crippen molar-refractivity contribution >= 4 is 64.2 Å². The van der Waals surface area contributed by atoms with E-state index in [4.69, 9.17) is 33.7 Å². The number of halogens is 3. The van der Waals surface area contributed by atoms with Gasteiger partial charge in [0.05, 0.1) is 28.4 Å². The maximum absolute atomic E-state index is 14.2. The van der Waals surface area contributed by atoms with Gasteiger partial charge in [-0.2, -0.15) is 5.10 Å². The lowest BCUT2D eigenvalue weighted by Gasteiger charge is -2.39. The number of rotatable bonds is 15. The minimum Gasteiger partial charge on any atom is -0.482 e. The second-order valence-corrected chi connectivity index (χ2v) is 17.2. The molecule has 4 aliphatic heterocycles. The molecule has 4 aliphatic rings. The second kappa shape index (κ2) is 18.4. The fraction of sp³-hybridized carbons (Fsp3) is 0.432. The lowest BCUT2D eigenvalue weighted by Crippen LogP contribution is -2.54. The summed E-state index contributed by atoms with van der Waals surface area (Å²) in [6.07, 6.45) is 9.77. The number of imide groups is 2. The van der Waals surface area contributed by atoms with Crippen molar-refractivity contribution in [2.24, 2.45) is 5.92 Å². The molecule has 4 aromatic rings. The number of fused-ring (bicyclic) bond motifs is 1. The summed E-state index contributed by atoms with van der Waals surface area (Å²) in [5.74, 6) is -1.62. The number of nitrogens with two attached hydrogens (primary N) is 1. The zero-order valence-electron chi connectivity index (χ0n) is 34.2. The fourth-order valence-electron chi connectivity index (χ4n) is 8.79. The van der Waals surface area contributed by atoms with Crippen LogP contribution < -0.4 is 21.1 Å². The molecule has 8 rings (SSSR count). The smallest absolute Gasteiger partial charge is 0.264 e.